The zero-order valence-corrected chi connectivity index (χ0v) is 17.5. The molecule has 1 aliphatic carbocycles. The summed E-state index contributed by atoms with van der Waals surface area (Å²) < 4.78 is 1.10. The Kier molecular flexibility index (Phi) is 3.72. The van der Waals surface area contributed by atoms with Crippen LogP contribution in [0.5, 0.6) is 0 Å². The van der Waals surface area contributed by atoms with Crippen LogP contribution in [-0.4, -0.2) is 19.5 Å². The molecule has 32 heavy (non-hydrogen) atoms. The maximum Gasteiger partial charge on any atom is 0.268 e. The molecule has 154 valence electrons. The van der Waals surface area contributed by atoms with E-state index in [-0.39, 0.29) is 11.2 Å². The molecule has 2 aromatic carbocycles. The highest BCUT2D eigenvalue weighted by Crippen LogP contribution is 2.49. The normalized spacial score (nSPS) is 13.8. The number of rotatable bonds is 1. The van der Waals surface area contributed by atoms with Gasteiger partial charge in [-0.1, -0.05) is 38.1 Å². The molecule has 3 aromatic heterocycles. The number of pyridine rings is 1. The number of hydrogen-bond donors (Lipinski definition) is 0. The van der Waals surface area contributed by atoms with Crippen LogP contribution in [0.3, 0.4) is 0 Å². The van der Waals surface area contributed by atoms with Gasteiger partial charge in [0.25, 0.3) is 11.1 Å². The Hall–Kier alpha value is -4.19. The molecule has 0 aliphatic heterocycles. The molecular weight excluding hydrogens is 400 g/mol. The van der Waals surface area contributed by atoms with E-state index in [0.29, 0.717) is 21.7 Å². The predicted molar refractivity (Wildman–Crippen MR) is 124 cm³/mol. The van der Waals surface area contributed by atoms with E-state index < -0.39 is 11.1 Å². The van der Waals surface area contributed by atoms with Crippen molar-refractivity contribution in [1.82, 2.24) is 19.5 Å². The van der Waals surface area contributed by atoms with Gasteiger partial charge in [0, 0.05) is 29.4 Å². The van der Waals surface area contributed by atoms with Gasteiger partial charge in [-0.15, -0.1) is 0 Å². The van der Waals surface area contributed by atoms with Crippen LogP contribution in [0.1, 0.15) is 25.0 Å². The van der Waals surface area contributed by atoms with E-state index >= 15 is 0 Å². The quantitative estimate of drug-likeness (QED) is 0.411. The summed E-state index contributed by atoms with van der Waals surface area (Å²) in [5, 5.41) is 1.44. The largest absolute Gasteiger partial charge is 0.268 e. The van der Waals surface area contributed by atoms with Crippen molar-refractivity contribution in [3.63, 3.8) is 0 Å². The fourth-order valence-electron chi connectivity index (χ4n) is 4.86. The third-order valence-electron chi connectivity index (χ3n) is 6.43. The van der Waals surface area contributed by atoms with Gasteiger partial charge in [-0.3, -0.25) is 19.6 Å². The summed E-state index contributed by atoms with van der Waals surface area (Å²) in [5.41, 5.74) is 3.80. The van der Waals surface area contributed by atoms with E-state index in [1.165, 1.54) is 24.2 Å². The molecule has 0 spiro atoms. The Morgan fingerprint density at radius 2 is 1.56 bits per heavy atom. The van der Waals surface area contributed by atoms with E-state index in [1.54, 1.807) is 18.3 Å². The molecule has 3 heterocycles. The van der Waals surface area contributed by atoms with Crippen molar-refractivity contribution in [3.05, 3.63) is 105 Å². The third kappa shape index (κ3) is 2.37. The summed E-state index contributed by atoms with van der Waals surface area (Å²) in [7, 11) is 0. The van der Waals surface area contributed by atoms with Crippen LogP contribution in [0.2, 0.25) is 0 Å². The lowest BCUT2D eigenvalue weighted by molar-refractivity contribution is 0.661. The molecule has 0 N–H and O–H groups in total. The first-order valence-corrected chi connectivity index (χ1v) is 10.4. The van der Waals surface area contributed by atoms with Gasteiger partial charge in [-0.25, -0.2) is 9.55 Å². The Balaban J connectivity index is 1.87. The smallest absolute Gasteiger partial charge is 0.268 e. The Bertz CT molecular complexity index is 1690. The highest BCUT2D eigenvalue weighted by atomic mass is 16.2. The fraction of sp³-hybridized carbons (Fsp3) is 0.115. The summed E-state index contributed by atoms with van der Waals surface area (Å²) in [6, 6.07) is 15.6. The second kappa shape index (κ2) is 6.40. The van der Waals surface area contributed by atoms with Gasteiger partial charge >= 0.3 is 0 Å². The van der Waals surface area contributed by atoms with Crippen LogP contribution in [0.4, 0.5) is 0 Å². The van der Waals surface area contributed by atoms with Crippen LogP contribution in [-0.2, 0) is 5.41 Å². The van der Waals surface area contributed by atoms with Crippen molar-refractivity contribution in [1.29, 1.82) is 0 Å². The molecule has 6 nitrogen and oxygen atoms in total. The summed E-state index contributed by atoms with van der Waals surface area (Å²) in [6.07, 6.45) is 6.04. The Morgan fingerprint density at radius 1 is 0.750 bits per heavy atom. The number of benzene rings is 2. The fourth-order valence-corrected chi connectivity index (χ4v) is 4.86. The minimum absolute atomic E-state index is 0.188. The summed E-state index contributed by atoms with van der Waals surface area (Å²) in [6.45, 7) is 4.31. The Labute approximate surface area is 182 Å². The van der Waals surface area contributed by atoms with Crippen molar-refractivity contribution in [2.75, 3.05) is 0 Å². The van der Waals surface area contributed by atoms with Gasteiger partial charge in [-0.05, 0) is 46.5 Å². The van der Waals surface area contributed by atoms with Crippen molar-refractivity contribution < 1.29 is 0 Å². The lowest BCUT2D eigenvalue weighted by atomic mass is 9.82. The second-order valence-corrected chi connectivity index (χ2v) is 8.52. The van der Waals surface area contributed by atoms with Crippen LogP contribution < -0.4 is 11.1 Å². The van der Waals surface area contributed by atoms with Gasteiger partial charge in [0.1, 0.15) is 0 Å². The molecule has 0 radical (unpaired) electrons. The van der Waals surface area contributed by atoms with Crippen molar-refractivity contribution in [3.8, 4) is 16.9 Å². The van der Waals surface area contributed by atoms with E-state index in [9.17, 15) is 9.59 Å². The first kappa shape index (κ1) is 18.6. The van der Waals surface area contributed by atoms with E-state index in [4.69, 9.17) is 0 Å². The van der Waals surface area contributed by atoms with E-state index in [0.717, 1.165) is 21.3 Å². The highest BCUT2D eigenvalue weighted by molar-refractivity contribution is 6.06. The molecule has 1 aliphatic rings. The Morgan fingerprint density at radius 3 is 2.38 bits per heavy atom. The maximum atomic E-state index is 13.8. The molecule has 0 atom stereocenters. The van der Waals surface area contributed by atoms with E-state index in [1.807, 2.05) is 24.3 Å². The van der Waals surface area contributed by atoms with Crippen molar-refractivity contribution >= 4 is 21.7 Å². The van der Waals surface area contributed by atoms with Crippen LogP contribution in [0.15, 0.2) is 82.9 Å². The molecule has 6 rings (SSSR count). The highest BCUT2D eigenvalue weighted by Gasteiger charge is 2.35. The molecule has 0 unspecified atom stereocenters. The molecule has 5 aromatic rings. The second-order valence-electron chi connectivity index (χ2n) is 8.52. The number of aromatic nitrogens is 4. The minimum atomic E-state index is -0.463. The molecular formula is C26H18N4O2. The third-order valence-corrected chi connectivity index (χ3v) is 6.43. The zero-order valence-electron chi connectivity index (χ0n) is 17.5. The monoisotopic (exact) mass is 418 g/mol. The molecule has 0 saturated heterocycles. The summed E-state index contributed by atoms with van der Waals surface area (Å²) in [4.78, 5) is 40.1. The van der Waals surface area contributed by atoms with Gasteiger partial charge in [-0.2, -0.15) is 0 Å². The molecule has 6 heteroatoms. The number of hydrogen-bond acceptors (Lipinski definition) is 5. The number of fused-ring (bicyclic) bond motifs is 6. The minimum Gasteiger partial charge on any atom is -0.268 e. The molecule has 0 bridgehead atoms. The van der Waals surface area contributed by atoms with Crippen molar-refractivity contribution in [2.45, 2.75) is 19.3 Å². The standard InChI is InChI=1S/C26H18N4O2/c1-26(2)20-8-4-3-6-15(20)17-12-18-19(13-21(17)26)25(32)30(22-14-27-10-11-28-22)24(31)16-7-5-9-29-23(16)18/h3-14H,1-2H3. The maximum absolute atomic E-state index is 13.8. The lowest BCUT2D eigenvalue weighted by Gasteiger charge is -2.21. The van der Waals surface area contributed by atoms with Crippen LogP contribution in [0.25, 0.3) is 38.6 Å². The summed E-state index contributed by atoms with van der Waals surface area (Å²) in [5.74, 6) is 0.188. The SMILES string of the molecule is CC1(C)c2ccccc2-c2cc3c(cc21)c(=O)n(-c1cnccn1)c(=O)c1cccnc13. The van der Waals surface area contributed by atoms with Gasteiger partial charge < -0.3 is 0 Å². The average Bonchev–Trinajstić information content (AvgIpc) is 3.00. The van der Waals surface area contributed by atoms with Gasteiger partial charge in [0.15, 0.2) is 5.82 Å². The van der Waals surface area contributed by atoms with E-state index in [2.05, 4.69) is 40.9 Å². The van der Waals surface area contributed by atoms with Crippen molar-refractivity contribution in [2.24, 2.45) is 0 Å². The van der Waals surface area contributed by atoms with Crippen LogP contribution in [0, 0.1) is 0 Å². The average molecular weight is 418 g/mol. The summed E-state index contributed by atoms with van der Waals surface area (Å²) >= 11 is 0. The first-order chi connectivity index (χ1) is 15.5. The lowest BCUT2D eigenvalue weighted by Crippen LogP contribution is -2.29. The molecule has 0 amide bonds. The number of nitrogens with zero attached hydrogens (tertiary/aromatic N) is 4. The van der Waals surface area contributed by atoms with Gasteiger partial charge in [0.05, 0.1) is 22.5 Å². The predicted octanol–water partition coefficient (Wildman–Crippen LogP) is 4.00. The molecule has 0 saturated carbocycles. The molecule has 0 fully saturated rings. The zero-order chi connectivity index (χ0) is 22.0. The first-order valence-electron chi connectivity index (χ1n) is 10.4. The van der Waals surface area contributed by atoms with Gasteiger partial charge in [0.2, 0.25) is 0 Å². The topological polar surface area (TPSA) is 77.7 Å². The van der Waals surface area contributed by atoms with Crippen LogP contribution >= 0.6 is 0 Å².